The first-order valence-corrected chi connectivity index (χ1v) is 3.24. The van der Waals surface area contributed by atoms with E-state index < -0.39 is 0 Å². The van der Waals surface area contributed by atoms with Gasteiger partial charge in [0, 0.05) is 0 Å². The summed E-state index contributed by atoms with van der Waals surface area (Å²) < 4.78 is 0. The molecule has 0 aliphatic rings. The molecular weight excluding hydrogens is 144 g/mol. The summed E-state index contributed by atoms with van der Waals surface area (Å²) in [4.78, 5) is 15.5. The molecule has 1 unspecified atom stereocenters. The second-order valence-corrected chi connectivity index (χ2v) is 1.97. The number of hydrogen-bond acceptors (Lipinski definition) is 3. The number of terminal acetylenes is 1. The van der Waals surface area contributed by atoms with Gasteiger partial charge in [0.05, 0.1) is 6.04 Å². The minimum absolute atomic E-state index is 0.0855. The topological polar surface area (TPSA) is 50.4 Å². The Morgan fingerprint density at radius 1 is 1.82 bits per heavy atom. The monoisotopic (exact) mass is 156 g/mol. The van der Waals surface area contributed by atoms with Crippen molar-refractivity contribution in [3.63, 3.8) is 0 Å². The Bertz CT molecular complexity index is 162. The van der Waals surface area contributed by atoms with E-state index in [1.807, 2.05) is 0 Å². The normalized spacial score (nSPS) is 11.7. The molecule has 0 spiro atoms. The lowest BCUT2D eigenvalue weighted by molar-refractivity contribution is -0.134. The van der Waals surface area contributed by atoms with Gasteiger partial charge in [-0.1, -0.05) is 5.92 Å². The number of nitrogens with one attached hydrogen (secondary N) is 2. The molecule has 0 rings (SSSR count). The molecule has 11 heavy (non-hydrogen) atoms. The first kappa shape index (κ1) is 9.95. The van der Waals surface area contributed by atoms with Crippen molar-refractivity contribution in [3.8, 4) is 12.3 Å². The summed E-state index contributed by atoms with van der Waals surface area (Å²) in [5.41, 5.74) is 2.19. The highest BCUT2D eigenvalue weighted by atomic mass is 16.6. The third-order valence-electron chi connectivity index (χ3n) is 1.15. The first-order chi connectivity index (χ1) is 5.22. The van der Waals surface area contributed by atoms with Crippen LogP contribution in [0.3, 0.4) is 0 Å². The van der Waals surface area contributed by atoms with Crippen LogP contribution in [0.1, 0.15) is 6.92 Å². The van der Waals surface area contributed by atoms with E-state index in [-0.39, 0.29) is 18.6 Å². The molecule has 0 radical (unpaired) electrons. The van der Waals surface area contributed by atoms with Gasteiger partial charge in [-0.2, -0.15) is 0 Å². The summed E-state index contributed by atoms with van der Waals surface area (Å²) >= 11 is 0. The molecule has 0 saturated heterocycles. The number of carbonyl (C=O) groups excluding carboxylic acids is 1. The van der Waals surface area contributed by atoms with Crippen molar-refractivity contribution in [2.75, 3.05) is 13.7 Å². The maximum absolute atomic E-state index is 10.9. The van der Waals surface area contributed by atoms with E-state index in [4.69, 9.17) is 6.42 Å². The fourth-order valence-electron chi connectivity index (χ4n) is 0.368. The number of likely N-dealkylation sites (N-methyl/N-ethyl adjacent to an activating group) is 1. The van der Waals surface area contributed by atoms with Gasteiger partial charge in [-0.25, -0.2) is 5.48 Å². The number of hydrogen-bond donors (Lipinski definition) is 2. The predicted octanol–water partition coefficient (Wildman–Crippen LogP) is -0.725. The Balaban J connectivity index is 3.46. The average molecular weight is 156 g/mol. The zero-order valence-electron chi connectivity index (χ0n) is 6.68. The van der Waals surface area contributed by atoms with E-state index in [1.54, 1.807) is 14.0 Å². The second kappa shape index (κ2) is 5.71. The molecule has 0 heterocycles. The summed E-state index contributed by atoms with van der Waals surface area (Å²) in [6.45, 7) is 1.80. The highest BCUT2D eigenvalue weighted by molar-refractivity contribution is 5.80. The van der Waals surface area contributed by atoms with Gasteiger partial charge in [0.2, 0.25) is 0 Å². The molecule has 62 valence electrons. The van der Waals surface area contributed by atoms with Crippen LogP contribution in [-0.4, -0.2) is 25.6 Å². The smallest absolute Gasteiger partial charge is 0.260 e. The van der Waals surface area contributed by atoms with Crippen LogP contribution >= 0.6 is 0 Å². The van der Waals surface area contributed by atoms with Crippen molar-refractivity contribution in [2.24, 2.45) is 0 Å². The van der Waals surface area contributed by atoms with Crippen molar-refractivity contribution in [2.45, 2.75) is 13.0 Å². The molecule has 0 bridgehead atoms. The van der Waals surface area contributed by atoms with Gasteiger partial charge in [0.1, 0.15) is 6.61 Å². The molecule has 1 atom stereocenters. The van der Waals surface area contributed by atoms with Gasteiger partial charge in [0.15, 0.2) is 0 Å². The highest BCUT2D eigenvalue weighted by Gasteiger charge is 2.08. The molecule has 4 nitrogen and oxygen atoms in total. The van der Waals surface area contributed by atoms with Crippen LogP contribution in [0, 0.1) is 12.3 Å². The molecule has 1 amide bonds. The molecule has 0 aromatic rings. The van der Waals surface area contributed by atoms with Crippen LogP contribution < -0.4 is 10.8 Å². The fraction of sp³-hybridized carbons (Fsp3) is 0.571. The lowest BCUT2D eigenvalue weighted by Crippen LogP contribution is -2.40. The predicted molar refractivity (Wildman–Crippen MR) is 41.4 cm³/mol. The Labute approximate surface area is 66.3 Å². The Kier molecular flexibility index (Phi) is 5.17. The summed E-state index contributed by atoms with van der Waals surface area (Å²) in [5.74, 6) is 1.99. The quantitative estimate of drug-likeness (QED) is 0.321. The van der Waals surface area contributed by atoms with Crippen LogP contribution in [0.15, 0.2) is 0 Å². The molecular formula is C7H12N2O2. The number of rotatable bonds is 4. The number of amides is 1. The van der Waals surface area contributed by atoms with Crippen molar-refractivity contribution < 1.29 is 9.63 Å². The van der Waals surface area contributed by atoms with E-state index in [0.29, 0.717) is 0 Å². The van der Waals surface area contributed by atoms with Crippen LogP contribution in [0.5, 0.6) is 0 Å². The lowest BCUT2D eigenvalue weighted by atomic mass is 10.3. The van der Waals surface area contributed by atoms with Crippen LogP contribution in [0.2, 0.25) is 0 Å². The Hall–Kier alpha value is -1.05. The van der Waals surface area contributed by atoms with Crippen molar-refractivity contribution >= 4 is 5.91 Å². The molecule has 4 heteroatoms. The molecule has 0 aliphatic carbocycles. The largest absolute Gasteiger partial charge is 0.309 e. The zero-order valence-corrected chi connectivity index (χ0v) is 6.68. The number of carbonyl (C=O) groups is 1. The van der Waals surface area contributed by atoms with E-state index in [9.17, 15) is 4.79 Å². The second-order valence-electron chi connectivity index (χ2n) is 1.97. The summed E-state index contributed by atoms with van der Waals surface area (Å²) in [6, 6.07) is -0.271. The van der Waals surface area contributed by atoms with Crippen LogP contribution in [-0.2, 0) is 9.63 Å². The zero-order chi connectivity index (χ0) is 8.69. The first-order valence-electron chi connectivity index (χ1n) is 3.24. The minimum atomic E-state index is -0.271. The third kappa shape index (κ3) is 4.37. The minimum Gasteiger partial charge on any atom is -0.309 e. The summed E-state index contributed by atoms with van der Waals surface area (Å²) in [6.07, 6.45) is 4.88. The standard InChI is InChI=1S/C7H12N2O2/c1-4-5-11-9-7(10)6(2)8-3/h1,6,8H,5H2,2-3H3,(H,9,10). The van der Waals surface area contributed by atoms with E-state index >= 15 is 0 Å². The molecule has 2 N–H and O–H groups in total. The summed E-state index contributed by atoms with van der Waals surface area (Å²) in [5, 5.41) is 2.75. The molecule has 0 saturated carbocycles. The highest BCUT2D eigenvalue weighted by Crippen LogP contribution is 1.78. The van der Waals surface area contributed by atoms with Gasteiger partial charge in [-0.05, 0) is 14.0 Å². The van der Waals surface area contributed by atoms with Crippen molar-refractivity contribution in [1.82, 2.24) is 10.8 Å². The van der Waals surface area contributed by atoms with E-state index in [0.717, 1.165) is 0 Å². The van der Waals surface area contributed by atoms with Crippen molar-refractivity contribution in [1.29, 1.82) is 0 Å². The fourth-order valence-corrected chi connectivity index (χ4v) is 0.368. The molecule has 0 aromatic heterocycles. The van der Waals surface area contributed by atoms with Crippen molar-refractivity contribution in [3.05, 3.63) is 0 Å². The lowest BCUT2D eigenvalue weighted by Gasteiger charge is -2.08. The third-order valence-corrected chi connectivity index (χ3v) is 1.15. The Morgan fingerprint density at radius 2 is 2.45 bits per heavy atom. The van der Waals surface area contributed by atoms with E-state index in [1.165, 1.54) is 0 Å². The van der Waals surface area contributed by atoms with Crippen LogP contribution in [0.4, 0.5) is 0 Å². The van der Waals surface area contributed by atoms with E-state index in [2.05, 4.69) is 21.6 Å². The summed E-state index contributed by atoms with van der Waals surface area (Å²) in [7, 11) is 1.69. The molecule has 0 aliphatic heterocycles. The Morgan fingerprint density at radius 3 is 2.91 bits per heavy atom. The van der Waals surface area contributed by atoms with Gasteiger partial charge < -0.3 is 5.32 Å². The van der Waals surface area contributed by atoms with Crippen LogP contribution in [0.25, 0.3) is 0 Å². The average Bonchev–Trinajstić information content (AvgIpc) is 2.03. The van der Waals surface area contributed by atoms with Gasteiger partial charge in [0.25, 0.3) is 5.91 Å². The number of hydroxylamine groups is 1. The maximum atomic E-state index is 10.9. The van der Waals surface area contributed by atoms with Gasteiger partial charge in [-0.15, -0.1) is 6.42 Å². The van der Waals surface area contributed by atoms with Gasteiger partial charge >= 0.3 is 0 Å². The molecule has 0 aromatic carbocycles. The maximum Gasteiger partial charge on any atom is 0.260 e. The molecule has 0 fully saturated rings. The SMILES string of the molecule is C#CCONC(=O)C(C)NC. The van der Waals surface area contributed by atoms with Gasteiger partial charge in [-0.3, -0.25) is 9.63 Å².